The molecule has 0 spiro atoms. The van der Waals surface area contributed by atoms with Crippen LogP contribution in [0.1, 0.15) is 30.2 Å². The molecule has 7 heteroatoms. The number of nitriles is 1. The molecule has 2 aromatic heterocycles. The number of fused-ring (bicyclic) bond motifs is 3. The lowest BCUT2D eigenvalue weighted by molar-refractivity contribution is 0.699. The highest BCUT2D eigenvalue weighted by Crippen LogP contribution is 2.35. The Labute approximate surface area is 164 Å². The van der Waals surface area contributed by atoms with Crippen molar-refractivity contribution in [2.24, 2.45) is 0 Å². The standard InChI is InChI=1S/C19H16ClN3OS2/c1-11(10-21)25-19-22-17-16(14-4-2-3-5-15(14)26-17)18(24)23(19)13-8-6-12(20)7-9-13/h6-9,11H,2-5H2,1H3/t11-/m0/s1. The largest absolute Gasteiger partial charge is 0.268 e. The van der Waals surface area contributed by atoms with Crippen LogP contribution in [0.25, 0.3) is 15.9 Å². The number of thioether (sulfide) groups is 1. The Morgan fingerprint density at radius 1 is 1.31 bits per heavy atom. The van der Waals surface area contributed by atoms with Crippen molar-refractivity contribution in [3.63, 3.8) is 0 Å². The molecule has 0 amide bonds. The first kappa shape index (κ1) is 17.6. The third kappa shape index (κ3) is 3.05. The molecule has 26 heavy (non-hydrogen) atoms. The van der Waals surface area contributed by atoms with E-state index in [4.69, 9.17) is 16.6 Å². The molecule has 4 rings (SSSR count). The van der Waals surface area contributed by atoms with E-state index in [9.17, 15) is 10.1 Å². The molecule has 0 radical (unpaired) electrons. The van der Waals surface area contributed by atoms with E-state index in [1.54, 1.807) is 28.0 Å². The molecule has 4 nitrogen and oxygen atoms in total. The van der Waals surface area contributed by atoms with Gasteiger partial charge in [-0.3, -0.25) is 9.36 Å². The third-order valence-electron chi connectivity index (χ3n) is 4.51. The van der Waals surface area contributed by atoms with E-state index in [1.807, 2.05) is 19.1 Å². The van der Waals surface area contributed by atoms with Crippen molar-refractivity contribution in [1.82, 2.24) is 9.55 Å². The molecule has 0 fully saturated rings. The lowest BCUT2D eigenvalue weighted by Gasteiger charge is -2.14. The Morgan fingerprint density at radius 3 is 2.77 bits per heavy atom. The second-order valence-electron chi connectivity index (χ2n) is 6.29. The first-order valence-corrected chi connectivity index (χ1v) is 10.6. The lowest BCUT2D eigenvalue weighted by atomic mass is 9.97. The molecule has 0 bridgehead atoms. The average Bonchev–Trinajstić information content (AvgIpc) is 3.01. The highest BCUT2D eigenvalue weighted by atomic mass is 35.5. The van der Waals surface area contributed by atoms with E-state index in [2.05, 4.69) is 6.07 Å². The summed E-state index contributed by atoms with van der Waals surface area (Å²) in [4.78, 5) is 20.3. The summed E-state index contributed by atoms with van der Waals surface area (Å²) in [5.74, 6) is 0. The maximum Gasteiger partial charge on any atom is 0.267 e. The zero-order valence-electron chi connectivity index (χ0n) is 14.2. The van der Waals surface area contributed by atoms with Gasteiger partial charge in [-0.15, -0.1) is 11.3 Å². The molecule has 2 heterocycles. The van der Waals surface area contributed by atoms with E-state index < -0.39 is 0 Å². The fourth-order valence-corrected chi connectivity index (χ4v) is 5.51. The molecule has 0 saturated carbocycles. The normalized spacial score (nSPS) is 14.8. The topological polar surface area (TPSA) is 58.7 Å². The van der Waals surface area contributed by atoms with Crippen molar-refractivity contribution >= 4 is 44.9 Å². The monoisotopic (exact) mass is 401 g/mol. The minimum absolute atomic E-state index is 0.0515. The molecule has 0 N–H and O–H groups in total. The van der Waals surface area contributed by atoms with Gasteiger partial charge in [0.1, 0.15) is 4.83 Å². The van der Waals surface area contributed by atoms with Gasteiger partial charge in [0.05, 0.1) is 22.4 Å². The van der Waals surface area contributed by atoms with Crippen LogP contribution in [0.5, 0.6) is 0 Å². The molecule has 3 aromatic rings. The van der Waals surface area contributed by atoms with Crippen molar-refractivity contribution in [2.45, 2.75) is 43.0 Å². The second kappa shape index (κ2) is 7.07. The first-order valence-electron chi connectivity index (χ1n) is 8.48. The molecule has 1 aromatic carbocycles. The van der Waals surface area contributed by atoms with Gasteiger partial charge in [0.25, 0.3) is 5.56 Å². The van der Waals surface area contributed by atoms with Crippen molar-refractivity contribution in [1.29, 1.82) is 5.26 Å². The van der Waals surface area contributed by atoms with Crippen LogP contribution >= 0.6 is 34.7 Å². The summed E-state index contributed by atoms with van der Waals surface area (Å²) in [7, 11) is 0. The van der Waals surface area contributed by atoms with Crippen LogP contribution in [0.3, 0.4) is 0 Å². The lowest BCUT2D eigenvalue weighted by Crippen LogP contribution is -2.22. The summed E-state index contributed by atoms with van der Waals surface area (Å²) in [5, 5.41) is 10.8. The van der Waals surface area contributed by atoms with Gasteiger partial charge in [0, 0.05) is 9.90 Å². The minimum atomic E-state index is -0.299. The van der Waals surface area contributed by atoms with Crippen LogP contribution in [0.2, 0.25) is 5.02 Å². The molecular weight excluding hydrogens is 386 g/mol. The molecule has 1 aliphatic rings. The zero-order valence-corrected chi connectivity index (χ0v) is 16.5. The van der Waals surface area contributed by atoms with Crippen molar-refractivity contribution < 1.29 is 0 Å². The summed E-state index contributed by atoms with van der Waals surface area (Å²) in [5.41, 5.74) is 1.84. The second-order valence-corrected chi connectivity index (χ2v) is 9.12. The maximum atomic E-state index is 13.4. The van der Waals surface area contributed by atoms with Gasteiger partial charge in [-0.25, -0.2) is 4.98 Å². The molecule has 0 saturated heterocycles. The van der Waals surface area contributed by atoms with Gasteiger partial charge < -0.3 is 0 Å². The number of aryl methyl sites for hydroxylation is 2. The Morgan fingerprint density at radius 2 is 2.04 bits per heavy atom. The summed E-state index contributed by atoms with van der Waals surface area (Å²) in [6.07, 6.45) is 4.24. The molecular formula is C19H16ClN3OS2. The van der Waals surface area contributed by atoms with Crippen molar-refractivity contribution in [3.8, 4) is 11.8 Å². The van der Waals surface area contributed by atoms with Crippen molar-refractivity contribution in [3.05, 3.63) is 50.1 Å². The smallest absolute Gasteiger partial charge is 0.267 e. The third-order valence-corrected chi connectivity index (χ3v) is 6.89. The van der Waals surface area contributed by atoms with E-state index in [-0.39, 0.29) is 10.8 Å². The quantitative estimate of drug-likeness (QED) is 0.458. The number of halogens is 1. The molecule has 0 unspecified atom stereocenters. The van der Waals surface area contributed by atoms with Crippen LogP contribution in [0, 0.1) is 11.3 Å². The van der Waals surface area contributed by atoms with Gasteiger partial charge >= 0.3 is 0 Å². The summed E-state index contributed by atoms with van der Waals surface area (Å²) < 4.78 is 1.62. The van der Waals surface area contributed by atoms with E-state index >= 15 is 0 Å². The average molecular weight is 402 g/mol. The van der Waals surface area contributed by atoms with Crippen LogP contribution in [-0.4, -0.2) is 14.8 Å². The van der Waals surface area contributed by atoms with Gasteiger partial charge in [-0.2, -0.15) is 5.26 Å². The van der Waals surface area contributed by atoms with E-state index in [0.29, 0.717) is 10.2 Å². The number of rotatable bonds is 3. The van der Waals surface area contributed by atoms with Crippen LogP contribution in [-0.2, 0) is 12.8 Å². The number of nitrogens with zero attached hydrogens (tertiary/aromatic N) is 3. The zero-order chi connectivity index (χ0) is 18.3. The van der Waals surface area contributed by atoms with Crippen LogP contribution < -0.4 is 5.56 Å². The summed E-state index contributed by atoms with van der Waals surface area (Å²) in [6, 6.07) is 9.37. The fraction of sp³-hybridized carbons (Fsp3) is 0.316. The van der Waals surface area contributed by atoms with Gasteiger partial charge in [-0.05, 0) is 62.4 Å². The van der Waals surface area contributed by atoms with Gasteiger partial charge in [0.2, 0.25) is 0 Å². The van der Waals surface area contributed by atoms with Gasteiger partial charge in [-0.1, -0.05) is 23.4 Å². The Bertz CT molecular complexity index is 1080. The number of hydrogen-bond donors (Lipinski definition) is 0. The summed E-state index contributed by atoms with van der Waals surface area (Å²) in [6.45, 7) is 1.81. The predicted octanol–water partition coefficient (Wildman–Crippen LogP) is 4.98. The number of hydrogen-bond acceptors (Lipinski definition) is 5. The highest BCUT2D eigenvalue weighted by Gasteiger charge is 2.23. The highest BCUT2D eigenvalue weighted by molar-refractivity contribution is 8.00. The number of aromatic nitrogens is 2. The predicted molar refractivity (Wildman–Crippen MR) is 108 cm³/mol. The maximum absolute atomic E-state index is 13.4. The summed E-state index contributed by atoms with van der Waals surface area (Å²) >= 11 is 8.94. The Balaban J connectivity index is 2.01. The molecule has 132 valence electrons. The van der Waals surface area contributed by atoms with Crippen molar-refractivity contribution in [2.75, 3.05) is 0 Å². The van der Waals surface area contributed by atoms with Gasteiger partial charge in [0.15, 0.2) is 5.16 Å². The number of thiophene rings is 1. The Hall–Kier alpha value is -1.81. The molecule has 1 aliphatic carbocycles. The minimum Gasteiger partial charge on any atom is -0.268 e. The Kier molecular flexibility index (Phi) is 4.78. The van der Waals surface area contributed by atoms with E-state index in [0.717, 1.165) is 41.6 Å². The number of benzene rings is 1. The SMILES string of the molecule is C[C@@H](C#N)Sc1nc2sc3c(c2c(=O)n1-c1ccc(Cl)cc1)CCCC3. The molecule has 0 aliphatic heterocycles. The van der Waals surface area contributed by atoms with E-state index in [1.165, 1.54) is 22.2 Å². The molecule has 1 atom stereocenters. The first-order chi connectivity index (χ1) is 12.6. The fourth-order valence-electron chi connectivity index (χ4n) is 3.27. The van der Waals surface area contributed by atoms with Crippen LogP contribution in [0.4, 0.5) is 0 Å². The van der Waals surface area contributed by atoms with Crippen LogP contribution in [0.15, 0.2) is 34.2 Å².